The van der Waals surface area contributed by atoms with Gasteiger partial charge in [-0.1, -0.05) is 0 Å². The van der Waals surface area contributed by atoms with Crippen LogP contribution in [0.1, 0.15) is 48.5 Å². The van der Waals surface area contributed by atoms with Crippen molar-refractivity contribution in [3.63, 3.8) is 0 Å². The minimum atomic E-state index is -2.76. The molecular weight excluding hydrogens is 1900 g/mol. The van der Waals surface area contributed by atoms with Gasteiger partial charge in [-0.05, 0) is 6.92 Å². The van der Waals surface area contributed by atoms with E-state index in [1.54, 1.807) is 0 Å². The number of carbonyl (C=O) groups is 6. The lowest BCUT2D eigenvalue weighted by Gasteiger charge is -2.52. The predicted molar refractivity (Wildman–Crippen MR) is 430 cm³/mol. The Morgan fingerprint density at radius 2 is 0.460 bits per heavy atom. The standard InChI is InChI=1S/C78H130N6O55/c1-18-41(98)54(111)57(114)74(122-18)120-17-34-64(51(108)35(68(118)123-34)79-19(2)92)134-73-40(84-24(7)97)53(110)62(30(13-90)129-73)136-76-60(117)65(47(104)33(131-76)16-121-77-66(138-70-37(81-21(4)94)49(106)43(100)26(9-86)125-70)56(113)46(103)32(132-77)15-119-69-36(80-20(3)93)48(105)42(99)25(8-85)124-69)137-78-67(139-71-38(82-22(5)95)50(107)44(101)27(10-87)126-71)59(116)63(31(14-91)130-78)133-72-39(83-23(6)96)52(109)61(29(12-89)128-72)135-75-58(115)55(112)45(102)28(11-88)127-75/h18,25-78,85-91,98-118H,8-17H2,1-7H3,(H,79,92)(H,80,93)(H,81,94)(H,82,95)(H,83,96)(H,84,97)/t18-,25+,26+,27+,28+,29+,30+,31+,32+,33+,34+,35+,36+,37+,38+,39+,40+,41+,42+,43+,44+,45-,46+,47+,48+,49+,50+,51+,52+,53+,54+,55-,56-,57-,58+,59-,60-,61+,62+,63+,64+,65-,66-,67-,68?,69+,70-,71-,72-,73-,74+,75-,76-,77-,78+/m0/s1. The monoisotopic (exact) mass is 2030 g/mol. The van der Waals surface area contributed by atoms with Crippen LogP contribution in [0.25, 0.3) is 0 Å². The zero-order valence-corrected chi connectivity index (χ0v) is 75.4. The fourth-order valence-corrected chi connectivity index (χ4v) is 18.0. The van der Waals surface area contributed by atoms with Gasteiger partial charge in [0.1, 0.15) is 262 Å². The van der Waals surface area contributed by atoms with Crippen LogP contribution in [0.5, 0.6) is 0 Å². The van der Waals surface area contributed by atoms with Gasteiger partial charge in [-0.2, -0.15) is 0 Å². The third-order valence-electron chi connectivity index (χ3n) is 25.3. The number of carbonyl (C=O) groups excluding carboxylic acids is 6. The van der Waals surface area contributed by atoms with Gasteiger partial charge in [0.05, 0.1) is 72.2 Å². The molecule has 11 fully saturated rings. The number of hydrogen-bond acceptors (Lipinski definition) is 55. The summed E-state index contributed by atoms with van der Waals surface area (Å²) in [4.78, 5) is 77.6. The van der Waals surface area contributed by atoms with E-state index < -0.39 is 439 Å². The number of ether oxygens (including phenoxy) is 21. The number of nitrogens with one attached hydrogen (secondary N) is 6. The summed E-state index contributed by atoms with van der Waals surface area (Å²) in [5.41, 5.74) is 0. The summed E-state index contributed by atoms with van der Waals surface area (Å²) in [6, 6.07) is -11.5. The summed E-state index contributed by atoms with van der Waals surface area (Å²) in [6.07, 6.45) is -105. The van der Waals surface area contributed by atoms with E-state index in [1.165, 1.54) is 6.92 Å². The summed E-state index contributed by atoms with van der Waals surface area (Å²) in [5, 5.41) is 332. The van der Waals surface area contributed by atoms with Crippen molar-refractivity contribution in [3.8, 4) is 0 Å². The Balaban J connectivity index is 0.990. The first-order valence-electron chi connectivity index (χ1n) is 44.5. The lowest BCUT2D eigenvalue weighted by atomic mass is 9.93. The number of aliphatic hydroxyl groups is 28. The van der Waals surface area contributed by atoms with Gasteiger partial charge in [0.25, 0.3) is 0 Å². The number of rotatable bonds is 36. The molecule has 0 aliphatic carbocycles. The van der Waals surface area contributed by atoms with Crippen molar-refractivity contribution in [2.75, 3.05) is 66.1 Å². The Hall–Kier alpha value is -5.14. The average Bonchev–Trinajstić information content (AvgIpc) is 0.758. The molecule has 34 N–H and O–H groups in total. The normalized spacial score (nSPS) is 48.3. The SMILES string of the molecule is CC(=O)N[C@H]1[C@H](O[C@H]2[C@H](O)[C@@H](NC(C)=O)C(O)O[C@@H]2CO[C@@H]2O[C@@H](C)[C@@H](O)[C@@H](O)[C@@H]2O)O[C@H](CO)[C@@H](O[C@@H]2O[C@H](CO[C@H]3O[C@H](CO[C@@H]4O[C@H](CO)[C@@H](O)[C@H](O)[C@H]4NC(C)=O)[C@@H](O)[C@H](O)[C@@H]3O[C@@H]3O[C@H](CO)[C@@H](O)[C@H](O)[C@H]3NC(C)=O)[C@@H](O)[C@H](O[C@H]3O[C@H](CO)[C@@H](O[C@@H]4O[C@H](CO)[C@@H](O[C@@H]5O[C@H](CO)[C@H](O)[C@H](O)[C@H]5O)[C@H](O)[C@H]4NC(C)=O)[C@H](O)[C@@H]3O[C@@H]3O[C@H](CO)[C@@H](O)[C@H](O)[C@H]3NC(C)=O)[C@@H]2O)[C@@H]1O. The van der Waals surface area contributed by atoms with Crippen molar-refractivity contribution in [1.29, 1.82) is 0 Å². The molecule has 61 heteroatoms. The zero-order valence-electron chi connectivity index (χ0n) is 75.4. The maximum atomic E-state index is 13.5. The lowest BCUT2D eigenvalue weighted by molar-refractivity contribution is -0.404. The van der Waals surface area contributed by atoms with Crippen LogP contribution in [0.15, 0.2) is 0 Å². The maximum Gasteiger partial charge on any atom is 0.217 e. The minimum absolute atomic E-state index is 0.839. The Morgan fingerprint density at radius 1 is 0.201 bits per heavy atom. The third-order valence-corrected chi connectivity index (χ3v) is 25.3. The van der Waals surface area contributed by atoms with E-state index in [1.807, 2.05) is 0 Å². The summed E-state index contributed by atoms with van der Waals surface area (Å²) < 4.78 is 127. The van der Waals surface area contributed by atoms with E-state index in [0.717, 1.165) is 41.5 Å². The summed E-state index contributed by atoms with van der Waals surface area (Å²) in [6.45, 7) is -4.52. The Morgan fingerprint density at radius 3 is 0.885 bits per heavy atom. The first kappa shape index (κ1) is 114. The van der Waals surface area contributed by atoms with Gasteiger partial charge in [-0.15, -0.1) is 0 Å². The molecule has 0 aromatic heterocycles. The molecule has 802 valence electrons. The third kappa shape index (κ3) is 26.0. The number of aliphatic hydroxyl groups excluding tert-OH is 28. The Labute approximate surface area is 788 Å². The van der Waals surface area contributed by atoms with E-state index >= 15 is 0 Å². The molecule has 11 heterocycles. The van der Waals surface area contributed by atoms with Crippen LogP contribution in [-0.4, -0.2) is 582 Å². The summed E-state index contributed by atoms with van der Waals surface area (Å²) in [7, 11) is 0. The van der Waals surface area contributed by atoms with E-state index in [4.69, 9.17) is 99.5 Å². The van der Waals surface area contributed by atoms with Crippen LogP contribution >= 0.6 is 0 Å². The minimum Gasteiger partial charge on any atom is -0.394 e. The summed E-state index contributed by atoms with van der Waals surface area (Å²) >= 11 is 0. The van der Waals surface area contributed by atoms with E-state index in [-0.39, 0.29) is 0 Å². The van der Waals surface area contributed by atoms with Crippen molar-refractivity contribution in [2.24, 2.45) is 0 Å². The Bertz CT molecular complexity index is 3900. The molecule has 0 radical (unpaired) electrons. The highest BCUT2D eigenvalue weighted by Gasteiger charge is 2.63. The molecule has 11 aliphatic heterocycles. The van der Waals surface area contributed by atoms with Crippen LogP contribution in [0.4, 0.5) is 0 Å². The fraction of sp³-hybridized carbons (Fsp3) is 0.923. The van der Waals surface area contributed by atoms with Gasteiger partial charge in [0, 0.05) is 41.5 Å². The average molecular weight is 2030 g/mol. The van der Waals surface area contributed by atoms with Crippen molar-refractivity contribution in [3.05, 3.63) is 0 Å². The van der Waals surface area contributed by atoms with Crippen LogP contribution in [0.3, 0.4) is 0 Å². The molecule has 0 saturated carbocycles. The number of hydrogen-bond donors (Lipinski definition) is 34. The van der Waals surface area contributed by atoms with Crippen LogP contribution in [-0.2, 0) is 128 Å². The molecule has 11 saturated heterocycles. The van der Waals surface area contributed by atoms with E-state index in [2.05, 4.69) is 31.9 Å². The molecule has 0 aromatic carbocycles. The molecule has 61 nitrogen and oxygen atoms in total. The van der Waals surface area contributed by atoms with Crippen molar-refractivity contribution >= 4 is 35.4 Å². The van der Waals surface area contributed by atoms with Crippen LogP contribution in [0, 0.1) is 0 Å². The first-order chi connectivity index (χ1) is 65.6. The largest absolute Gasteiger partial charge is 0.394 e. The van der Waals surface area contributed by atoms with Crippen molar-refractivity contribution in [2.45, 2.75) is 386 Å². The fourth-order valence-electron chi connectivity index (χ4n) is 18.0. The molecule has 1 unspecified atom stereocenters. The molecule has 55 atom stereocenters. The van der Waals surface area contributed by atoms with Gasteiger partial charge < -0.3 is 274 Å². The van der Waals surface area contributed by atoms with E-state index in [9.17, 15) is 172 Å². The van der Waals surface area contributed by atoms with E-state index in [0.29, 0.717) is 0 Å². The molecule has 139 heavy (non-hydrogen) atoms. The van der Waals surface area contributed by atoms with Gasteiger partial charge >= 0.3 is 0 Å². The lowest BCUT2D eigenvalue weighted by Crippen LogP contribution is -2.71. The van der Waals surface area contributed by atoms with Crippen LogP contribution in [0.2, 0.25) is 0 Å². The van der Waals surface area contributed by atoms with Gasteiger partial charge in [0.2, 0.25) is 35.4 Å². The number of amides is 6. The topological polar surface area (TPSA) is 935 Å². The molecule has 0 bridgehead atoms. The predicted octanol–water partition coefficient (Wildman–Crippen LogP) is -23.1. The Kier molecular flexibility index (Phi) is 41.1. The highest BCUT2D eigenvalue weighted by molar-refractivity contribution is 5.75. The maximum absolute atomic E-state index is 13.5. The molecule has 11 rings (SSSR count). The molecule has 0 aromatic rings. The van der Waals surface area contributed by atoms with Gasteiger partial charge in [0.15, 0.2) is 69.2 Å². The van der Waals surface area contributed by atoms with Crippen molar-refractivity contribution in [1.82, 2.24) is 31.9 Å². The first-order valence-corrected chi connectivity index (χ1v) is 44.5. The zero-order chi connectivity index (χ0) is 102. The van der Waals surface area contributed by atoms with Gasteiger partial charge in [-0.25, -0.2) is 0 Å². The van der Waals surface area contributed by atoms with Gasteiger partial charge in [-0.3, -0.25) is 28.8 Å². The molecule has 6 amide bonds. The second-order valence-electron chi connectivity index (χ2n) is 35.3. The molecule has 0 spiro atoms. The smallest absolute Gasteiger partial charge is 0.217 e. The second-order valence-corrected chi connectivity index (χ2v) is 35.3. The summed E-state index contributed by atoms with van der Waals surface area (Å²) in [5.74, 6) is -5.67. The molecular formula is C78H130N6O55. The van der Waals surface area contributed by atoms with Crippen molar-refractivity contribution < 1.29 is 271 Å². The molecule has 11 aliphatic rings. The van der Waals surface area contributed by atoms with Crippen LogP contribution < -0.4 is 31.9 Å². The quantitative estimate of drug-likeness (QED) is 0.0277. The second kappa shape index (κ2) is 50.0. The highest BCUT2D eigenvalue weighted by atomic mass is 16.8. The highest BCUT2D eigenvalue weighted by Crippen LogP contribution is 2.42.